The summed E-state index contributed by atoms with van der Waals surface area (Å²) in [6, 6.07) is 6.57. The predicted molar refractivity (Wildman–Crippen MR) is 72.4 cm³/mol. The number of nitrogens with one attached hydrogen (secondary N) is 1. The van der Waals surface area contributed by atoms with Gasteiger partial charge in [0.2, 0.25) is 0 Å². The highest BCUT2D eigenvalue weighted by atomic mass is 35.5. The average Bonchev–Trinajstić information content (AvgIpc) is 2.25. The van der Waals surface area contributed by atoms with Crippen LogP contribution in [-0.4, -0.2) is 19.6 Å². The third kappa shape index (κ3) is 3.39. The van der Waals surface area contributed by atoms with Crippen molar-refractivity contribution in [2.45, 2.75) is 33.4 Å². The number of hydrogen-bond acceptors (Lipinski definition) is 2. The van der Waals surface area contributed by atoms with E-state index in [-0.39, 0.29) is 0 Å². The molecule has 1 aromatic carbocycles. The average molecular weight is 241 g/mol. The van der Waals surface area contributed by atoms with Gasteiger partial charge in [-0.3, -0.25) is 0 Å². The van der Waals surface area contributed by atoms with E-state index in [0.717, 1.165) is 18.1 Å². The lowest BCUT2D eigenvalue weighted by Gasteiger charge is -2.26. The van der Waals surface area contributed by atoms with Crippen molar-refractivity contribution >= 4 is 17.3 Å². The van der Waals surface area contributed by atoms with E-state index in [4.69, 9.17) is 11.6 Å². The molecule has 0 heterocycles. The molecule has 0 amide bonds. The smallest absolute Gasteiger partial charge is 0.0412 e. The Kier molecular flexibility index (Phi) is 5.10. The molecule has 2 nitrogen and oxygen atoms in total. The highest BCUT2D eigenvalue weighted by molar-refractivity contribution is 6.30. The molecule has 0 bridgehead atoms. The Labute approximate surface area is 104 Å². The zero-order valence-corrected chi connectivity index (χ0v) is 11.3. The summed E-state index contributed by atoms with van der Waals surface area (Å²) >= 11 is 6.03. The number of anilines is 1. The minimum atomic E-state index is 0.488. The van der Waals surface area contributed by atoms with E-state index in [9.17, 15) is 0 Å². The molecule has 0 aliphatic carbocycles. The molecule has 1 N–H and O–H groups in total. The molecular formula is C13H21ClN2. The molecule has 0 spiro atoms. The first-order chi connectivity index (χ1) is 7.56. The van der Waals surface area contributed by atoms with Gasteiger partial charge >= 0.3 is 0 Å². The summed E-state index contributed by atoms with van der Waals surface area (Å²) in [4.78, 5) is 2.27. The highest BCUT2D eigenvalue weighted by Crippen LogP contribution is 2.24. The van der Waals surface area contributed by atoms with Crippen LogP contribution in [0.2, 0.25) is 5.02 Å². The molecule has 1 aromatic rings. The third-order valence-electron chi connectivity index (χ3n) is 2.76. The van der Waals surface area contributed by atoms with Gasteiger partial charge in [0.15, 0.2) is 0 Å². The Morgan fingerprint density at radius 1 is 1.38 bits per heavy atom. The maximum absolute atomic E-state index is 6.03. The molecule has 0 saturated carbocycles. The maximum atomic E-state index is 6.03. The summed E-state index contributed by atoms with van der Waals surface area (Å²) in [6.07, 6.45) is 0. The minimum absolute atomic E-state index is 0.488. The lowest BCUT2D eigenvalue weighted by atomic mass is 10.1. The second-order valence-electron chi connectivity index (χ2n) is 4.26. The predicted octanol–water partition coefficient (Wildman–Crippen LogP) is 3.29. The minimum Gasteiger partial charge on any atom is -0.372 e. The fourth-order valence-electron chi connectivity index (χ4n) is 1.58. The van der Waals surface area contributed by atoms with Crippen molar-refractivity contribution in [3.63, 3.8) is 0 Å². The van der Waals surface area contributed by atoms with Crippen molar-refractivity contribution in [3.8, 4) is 0 Å². The summed E-state index contributed by atoms with van der Waals surface area (Å²) in [5.41, 5.74) is 2.51. The van der Waals surface area contributed by atoms with Crippen LogP contribution >= 0.6 is 11.6 Å². The van der Waals surface area contributed by atoms with Crippen LogP contribution in [0.15, 0.2) is 18.2 Å². The van der Waals surface area contributed by atoms with E-state index >= 15 is 0 Å². The monoisotopic (exact) mass is 240 g/mol. The summed E-state index contributed by atoms with van der Waals surface area (Å²) in [7, 11) is 2.11. The Morgan fingerprint density at radius 2 is 2.06 bits per heavy atom. The highest BCUT2D eigenvalue weighted by Gasteiger charge is 2.10. The molecule has 0 aliphatic heterocycles. The fourth-order valence-corrected chi connectivity index (χ4v) is 1.77. The summed E-state index contributed by atoms with van der Waals surface area (Å²) in [6.45, 7) is 8.31. The van der Waals surface area contributed by atoms with E-state index in [1.54, 1.807) is 0 Å². The van der Waals surface area contributed by atoms with Gasteiger partial charge in [-0.1, -0.05) is 18.5 Å². The first-order valence-corrected chi connectivity index (χ1v) is 6.16. The molecule has 0 unspecified atom stereocenters. The van der Waals surface area contributed by atoms with Crippen molar-refractivity contribution in [3.05, 3.63) is 28.8 Å². The molecule has 0 atom stereocenters. The standard InChI is InChI=1S/C13H21ClN2/c1-5-15-9-11-8-12(14)6-7-13(11)16(4)10(2)3/h6-8,10,15H,5,9H2,1-4H3. The van der Waals surface area contributed by atoms with E-state index in [1.807, 2.05) is 12.1 Å². The van der Waals surface area contributed by atoms with Crippen LogP contribution in [-0.2, 0) is 6.54 Å². The van der Waals surface area contributed by atoms with E-state index < -0.39 is 0 Å². The van der Waals surface area contributed by atoms with Crippen molar-refractivity contribution in [1.29, 1.82) is 0 Å². The summed E-state index contributed by atoms with van der Waals surface area (Å²) in [5, 5.41) is 4.14. The van der Waals surface area contributed by atoms with Gasteiger partial charge in [-0.15, -0.1) is 0 Å². The second kappa shape index (κ2) is 6.12. The van der Waals surface area contributed by atoms with E-state index in [2.05, 4.69) is 44.1 Å². The molecule has 0 fully saturated rings. The van der Waals surface area contributed by atoms with Crippen LogP contribution in [0.1, 0.15) is 26.3 Å². The maximum Gasteiger partial charge on any atom is 0.0412 e. The fraction of sp³-hybridized carbons (Fsp3) is 0.538. The number of hydrogen-bond donors (Lipinski definition) is 1. The van der Waals surface area contributed by atoms with Gasteiger partial charge in [-0.25, -0.2) is 0 Å². The number of nitrogens with zero attached hydrogens (tertiary/aromatic N) is 1. The van der Waals surface area contributed by atoms with Crippen molar-refractivity contribution in [2.24, 2.45) is 0 Å². The summed E-state index contributed by atoms with van der Waals surface area (Å²) in [5.74, 6) is 0. The quantitative estimate of drug-likeness (QED) is 0.850. The Balaban J connectivity index is 2.97. The number of rotatable bonds is 5. The molecular weight excluding hydrogens is 220 g/mol. The molecule has 16 heavy (non-hydrogen) atoms. The van der Waals surface area contributed by atoms with Crippen LogP contribution in [0.4, 0.5) is 5.69 Å². The van der Waals surface area contributed by atoms with Gasteiger partial charge in [0.05, 0.1) is 0 Å². The van der Waals surface area contributed by atoms with Crippen LogP contribution in [0.3, 0.4) is 0 Å². The summed E-state index contributed by atoms with van der Waals surface area (Å²) < 4.78 is 0. The van der Waals surface area contributed by atoms with Crippen LogP contribution in [0.25, 0.3) is 0 Å². The van der Waals surface area contributed by atoms with Crippen LogP contribution in [0.5, 0.6) is 0 Å². The molecule has 90 valence electrons. The van der Waals surface area contributed by atoms with Gasteiger partial charge in [0.1, 0.15) is 0 Å². The molecule has 0 aliphatic rings. The lowest BCUT2D eigenvalue weighted by Crippen LogP contribution is -2.27. The van der Waals surface area contributed by atoms with E-state index in [1.165, 1.54) is 11.3 Å². The first kappa shape index (κ1) is 13.3. The van der Waals surface area contributed by atoms with E-state index in [0.29, 0.717) is 6.04 Å². The van der Waals surface area contributed by atoms with Gasteiger partial charge in [-0.05, 0) is 44.2 Å². The Morgan fingerprint density at radius 3 is 2.62 bits per heavy atom. The van der Waals surface area contributed by atoms with Gasteiger partial charge < -0.3 is 10.2 Å². The SMILES string of the molecule is CCNCc1cc(Cl)ccc1N(C)C(C)C. The number of halogens is 1. The van der Waals surface area contributed by atoms with Gasteiger partial charge in [-0.2, -0.15) is 0 Å². The molecule has 0 aromatic heterocycles. The normalized spacial score (nSPS) is 10.9. The zero-order valence-electron chi connectivity index (χ0n) is 10.5. The van der Waals surface area contributed by atoms with Crippen LogP contribution in [0, 0.1) is 0 Å². The largest absolute Gasteiger partial charge is 0.372 e. The second-order valence-corrected chi connectivity index (χ2v) is 4.69. The number of benzene rings is 1. The molecule has 0 radical (unpaired) electrons. The first-order valence-electron chi connectivity index (χ1n) is 5.78. The lowest BCUT2D eigenvalue weighted by molar-refractivity contribution is 0.709. The molecule has 0 saturated heterocycles. The third-order valence-corrected chi connectivity index (χ3v) is 3.00. The van der Waals surface area contributed by atoms with Gasteiger partial charge in [0.25, 0.3) is 0 Å². The van der Waals surface area contributed by atoms with Crippen molar-refractivity contribution < 1.29 is 0 Å². The topological polar surface area (TPSA) is 15.3 Å². The Bertz CT molecular complexity index is 337. The molecule has 3 heteroatoms. The Hall–Kier alpha value is -0.730. The zero-order chi connectivity index (χ0) is 12.1. The van der Waals surface area contributed by atoms with Gasteiger partial charge in [0, 0.05) is 30.3 Å². The molecule has 1 rings (SSSR count). The van der Waals surface area contributed by atoms with Crippen molar-refractivity contribution in [1.82, 2.24) is 5.32 Å². The van der Waals surface area contributed by atoms with Crippen LogP contribution < -0.4 is 10.2 Å². The van der Waals surface area contributed by atoms with Crippen molar-refractivity contribution in [2.75, 3.05) is 18.5 Å².